The number of carbonyl (C=O) groups excluding carboxylic acids is 1. The summed E-state index contributed by atoms with van der Waals surface area (Å²) < 4.78 is 5.52. The van der Waals surface area contributed by atoms with E-state index in [0.717, 1.165) is 30.3 Å². The van der Waals surface area contributed by atoms with Crippen molar-refractivity contribution in [3.05, 3.63) is 36.5 Å². The molecular formula is C16H20N2O2. The fraction of sp³-hybridized carbons (Fsp3) is 0.375. The predicted octanol–water partition coefficient (Wildman–Crippen LogP) is 2.87. The molecule has 2 rings (SSSR count). The average molecular weight is 272 g/mol. The van der Waals surface area contributed by atoms with Gasteiger partial charge in [-0.15, -0.1) is 0 Å². The van der Waals surface area contributed by atoms with Gasteiger partial charge in [0.05, 0.1) is 11.7 Å². The van der Waals surface area contributed by atoms with E-state index in [1.54, 1.807) is 18.1 Å². The Morgan fingerprint density at radius 2 is 2.15 bits per heavy atom. The number of pyridine rings is 1. The lowest BCUT2D eigenvalue weighted by atomic mass is 10.2. The summed E-state index contributed by atoms with van der Waals surface area (Å²) in [5.74, 6) is 0.618. The first-order chi connectivity index (χ1) is 9.70. The van der Waals surface area contributed by atoms with Gasteiger partial charge in [-0.1, -0.05) is 31.5 Å². The molecule has 1 amide bonds. The zero-order chi connectivity index (χ0) is 14.4. The average Bonchev–Trinajstić information content (AvgIpc) is 2.50. The summed E-state index contributed by atoms with van der Waals surface area (Å²) in [5.41, 5.74) is 0.922. The molecule has 4 heteroatoms. The van der Waals surface area contributed by atoms with E-state index in [9.17, 15) is 4.79 Å². The van der Waals surface area contributed by atoms with Gasteiger partial charge in [0, 0.05) is 19.0 Å². The van der Waals surface area contributed by atoms with Crippen molar-refractivity contribution in [2.45, 2.75) is 19.8 Å². The zero-order valence-electron chi connectivity index (χ0n) is 12.0. The van der Waals surface area contributed by atoms with Crippen LogP contribution in [0.3, 0.4) is 0 Å². The maximum atomic E-state index is 11.9. The second-order valence-corrected chi connectivity index (χ2v) is 4.82. The minimum absolute atomic E-state index is 0.00777. The Balaban J connectivity index is 1.93. The Kier molecular flexibility index (Phi) is 4.93. The quantitative estimate of drug-likeness (QED) is 0.812. The van der Waals surface area contributed by atoms with Crippen LogP contribution in [0, 0.1) is 0 Å². The molecule has 0 aliphatic heterocycles. The van der Waals surface area contributed by atoms with Crippen LogP contribution in [0.15, 0.2) is 36.5 Å². The lowest BCUT2D eigenvalue weighted by molar-refractivity contribution is -0.132. The fourth-order valence-corrected chi connectivity index (χ4v) is 1.91. The Labute approximate surface area is 119 Å². The third kappa shape index (κ3) is 3.70. The van der Waals surface area contributed by atoms with Crippen molar-refractivity contribution < 1.29 is 9.53 Å². The van der Waals surface area contributed by atoms with Gasteiger partial charge >= 0.3 is 0 Å². The van der Waals surface area contributed by atoms with Crippen molar-refractivity contribution in [2.75, 3.05) is 20.2 Å². The van der Waals surface area contributed by atoms with Gasteiger partial charge in [-0.3, -0.25) is 9.78 Å². The van der Waals surface area contributed by atoms with E-state index in [1.807, 2.05) is 30.3 Å². The van der Waals surface area contributed by atoms with Crippen LogP contribution in [0.1, 0.15) is 19.8 Å². The van der Waals surface area contributed by atoms with Crippen molar-refractivity contribution in [2.24, 2.45) is 0 Å². The number of amides is 1. The van der Waals surface area contributed by atoms with Crippen LogP contribution in [0.25, 0.3) is 10.9 Å². The first-order valence-corrected chi connectivity index (χ1v) is 6.92. The maximum absolute atomic E-state index is 11.9. The molecule has 2 aromatic rings. The van der Waals surface area contributed by atoms with E-state index in [4.69, 9.17) is 4.74 Å². The highest BCUT2D eigenvalue weighted by molar-refractivity contribution is 5.80. The summed E-state index contributed by atoms with van der Waals surface area (Å²) in [6.45, 7) is 2.93. The number of aromatic nitrogens is 1. The largest absolute Gasteiger partial charge is 0.482 e. The van der Waals surface area contributed by atoms with E-state index < -0.39 is 0 Å². The number of unbranched alkanes of at least 4 members (excludes halogenated alkanes) is 1. The maximum Gasteiger partial charge on any atom is 0.260 e. The van der Waals surface area contributed by atoms with Crippen LogP contribution in [0.2, 0.25) is 0 Å². The SMILES string of the molecule is CCCCN(C)C(=O)COc1cnc2ccccc2c1. The highest BCUT2D eigenvalue weighted by atomic mass is 16.5. The molecule has 0 atom stereocenters. The number of likely N-dealkylation sites (N-methyl/N-ethyl adjacent to an activating group) is 1. The molecule has 0 aliphatic carbocycles. The molecule has 0 saturated heterocycles. The summed E-state index contributed by atoms with van der Waals surface area (Å²) in [5, 5.41) is 1.01. The van der Waals surface area contributed by atoms with Gasteiger partial charge in [-0.25, -0.2) is 0 Å². The first kappa shape index (κ1) is 14.3. The van der Waals surface area contributed by atoms with Crippen molar-refractivity contribution in [1.82, 2.24) is 9.88 Å². The van der Waals surface area contributed by atoms with Crippen LogP contribution in [-0.4, -0.2) is 36.0 Å². The van der Waals surface area contributed by atoms with Crippen LogP contribution in [0.4, 0.5) is 0 Å². The molecule has 0 unspecified atom stereocenters. The van der Waals surface area contributed by atoms with Crippen LogP contribution in [0.5, 0.6) is 5.75 Å². The summed E-state index contributed by atoms with van der Waals surface area (Å²) in [7, 11) is 1.81. The normalized spacial score (nSPS) is 10.5. The van der Waals surface area contributed by atoms with E-state index in [-0.39, 0.29) is 12.5 Å². The molecule has 106 valence electrons. The van der Waals surface area contributed by atoms with E-state index in [2.05, 4.69) is 11.9 Å². The van der Waals surface area contributed by atoms with Gasteiger partial charge in [-0.05, 0) is 18.6 Å². The lowest BCUT2D eigenvalue weighted by Gasteiger charge is -2.16. The van der Waals surface area contributed by atoms with Gasteiger partial charge in [0.2, 0.25) is 0 Å². The lowest BCUT2D eigenvalue weighted by Crippen LogP contribution is -2.32. The minimum Gasteiger partial charge on any atom is -0.482 e. The molecule has 0 bridgehead atoms. The topological polar surface area (TPSA) is 42.4 Å². The number of ether oxygens (including phenoxy) is 1. The molecule has 0 N–H and O–H groups in total. The summed E-state index contributed by atoms with van der Waals surface area (Å²) in [6.07, 6.45) is 3.74. The number of hydrogen-bond acceptors (Lipinski definition) is 3. The molecule has 0 saturated carbocycles. The molecule has 0 radical (unpaired) electrons. The zero-order valence-corrected chi connectivity index (χ0v) is 12.0. The molecule has 1 aromatic heterocycles. The highest BCUT2D eigenvalue weighted by Crippen LogP contribution is 2.17. The van der Waals surface area contributed by atoms with E-state index in [1.165, 1.54) is 0 Å². The summed E-state index contributed by atoms with van der Waals surface area (Å²) in [6, 6.07) is 9.73. The van der Waals surface area contributed by atoms with Crippen molar-refractivity contribution in [3.63, 3.8) is 0 Å². The second kappa shape index (κ2) is 6.89. The van der Waals surface area contributed by atoms with Crippen LogP contribution in [-0.2, 0) is 4.79 Å². The third-order valence-corrected chi connectivity index (χ3v) is 3.20. The summed E-state index contributed by atoms with van der Waals surface area (Å²) in [4.78, 5) is 17.9. The number of benzene rings is 1. The van der Waals surface area contributed by atoms with Gasteiger partial charge in [0.25, 0.3) is 5.91 Å². The number of fused-ring (bicyclic) bond motifs is 1. The monoisotopic (exact) mass is 272 g/mol. The highest BCUT2D eigenvalue weighted by Gasteiger charge is 2.09. The molecule has 0 aliphatic rings. The number of para-hydroxylation sites is 1. The van der Waals surface area contributed by atoms with E-state index >= 15 is 0 Å². The molecule has 0 spiro atoms. The van der Waals surface area contributed by atoms with Crippen LogP contribution < -0.4 is 4.74 Å². The molecular weight excluding hydrogens is 252 g/mol. The Hall–Kier alpha value is -2.10. The molecule has 0 fully saturated rings. The smallest absolute Gasteiger partial charge is 0.260 e. The Bertz CT molecular complexity index is 583. The van der Waals surface area contributed by atoms with Crippen molar-refractivity contribution in [1.29, 1.82) is 0 Å². The van der Waals surface area contributed by atoms with Gasteiger partial charge in [0.1, 0.15) is 5.75 Å². The molecule has 4 nitrogen and oxygen atoms in total. The molecule has 20 heavy (non-hydrogen) atoms. The van der Waals surface area contributed by atoms with Gasteiger partial charge in [-0.2, -0.15) is 0 Å². The summed E-state index contributed by atoms with van der Waals surface area (Å²) >= 11 is 0. The van der Waals surface area contributed by atoms with Crippen LogP contribution >= 0.6 is 0 Å². The fourth-order valence-electron chi connectivity index (χ4n) is 1.91. The number of hydrogen-bond donors (Lipinski definition) is 0. The molecule has 1 aromatic carbocycles. The molecule has 1 heterocycles. The Morgan fingerprint density at radius 1 is 1.35 bits per heavy atom. The number of carbonyl (C=O) groups is 1. The Morgan fingerprint density at radius 3 is 2.95 bits per heavy atom. The standard InChI is InChI=1S/C16H20N2O2/c1-3-4-9-18(2)16(19)12-20-14-10-13-7-5-6-8-15(13)17-11-14/h5-8,10-11H,3-4,9,12H2,1-2H3. The van der Waals surface area contributed by atoms with Gasteiger partial charge in [0.15, 0.2) is 6.61 Å². The minimum atomic E-state index is -0.00777. The second-order valence-electron chi connectivity index (χ2n) is 4.82. The predicted molar refractivity (Wildman–Crippen MR) is 79.8 cm³/mol. The van der Waals surface area contributed by atoms with Crippen molar-refractivity contribution in [3.8, 4) is 5.75 Å². The van der Waals surface area contributed by atoms with E-state index in [0.29, 0.717) is 5.75 Å². The first-order valence-electron chi connectivity index (χ1n) is 6.92. The van der Waals surface area contributed by atoms with Gasteiger partial charge < -0.3 is 9.64 Å². The third-order valence-electron chi connectivity index (χ3n) is 3.20. The number of nitrogens with zero attached hydrogens (tertiary/aromatic N) is 2. The number of rotatable bonds is 6. The van der Waals surface area contributed by atoms with Crippen molar-refractivity contribution >= 4 is 16.8 Å².